The average molecular weight is 306 g/mol. The zero-order chi connectivity index (χ0) is 15.3. The number of pyridine rings is 1. The van der Waals surface area contributed by atoms with Gasteiger partial charge < -0.3 is 5.43 Å². The summed E-state index contributed by atoms with van der Waals surface area (Å²) in [6, 6.07) is 10.2. The van der Waals surface area contributed by atoms with Crippen LogP contribution in [0.15, 0.2) is 47.5 Å². The van der Waals surface area contributed by atoms with Crippen molar-refractivity contribution in [3.05, 3.63) is 48.2 Å². The van der Waals surface area contributed by atoms with Crippen molar-refractivity contribution in [1.82, 2.24) is 4.98 Å². The fraction of sp³-hybridized carbons (Fsp3) is 0.214. The largest absolute Gasteiger partial charge is 0.308 e. The summed E-state index contributed by atoms with van der Waals surface area (Å²) in [6.07, 6.45) is 3.14. The van der Waals surface area contributed by atoms with Crippen molar-refractivity contribution < 1.29 is 8.42 Å². The summed E-state index contributed by atoms with van der Waals surface area (Å²) >= 11 is 0. The van der Waals surface area contributed by atoms with E-state index in [0.717, 1.165) is 18.4 Å². The van der Waals surface area contributed by atoms with Gasteiger partial charge in [0.25, 0.3) is 10.0 Å². The molecule has 0 amide bonds. The van der Waals surface area contributed by atoms with E-state index in [9.17, 15) is 8.42 Å². The summed E-state index contributed by atoms with van der Waals surface area (Å²) in [5, 5.41) is 0. The molecule has 1 heterocycles. The van der Waals surface area contributed by atoms with Gasteiger partial charge in [-0.25, -0.2) is 19.2 Å². The normalized spacial score (nSPS) is 11.1. The van der Waals surface area contributed by atoms with E-state index in [1.54, 1.807) is 12.1 Å². The van der Waals surface area contributed by atoms with E-state index in [-0.39, 0.29) is 4.90 Å². The Kier molecular flexibility index (Phi) is 4.77. The molecule has 7 heteroatoms. The van der Waals surface area contributed by atoms with Crippen LogP contribution in [0.2, 0.25) is 0 Å². The number of hydrazine groups is 1. The number of benzene rings is 1. The van der Waals surface area contributed by atoms with Gasteiger partial charge in [-0.1, -0.05) is 31.5 Å². The maximum Gasteiger partial charge on any atom is 0.262 e. The van der Waals surface area contributed by atoms with Crippen LogP contribution >= 0.6 is 0 Å². The highest BCUT2D eigenvalue weighted by molar-refractivity contribution is 7.92. The van der Waals surface area contributed by atoms with Crippen LogP contribution in [-0.4, -0.2) is 13.4 Å². The van der Waals surface area contributed by atoms with Gasteiger partial charge >= 0.3 is 0 Å². The Balaban J connectivity index is 2.33. The standard InChI is InChI=1S/C14H18N4O2S/c1-2-5-11-6-3-4-7-13(11)18-21(19,20)12-8-9-16-14(10-12)17-15/h3-4,6-10,18H,2,5,15H2,1H3,(H,16,17). The third-order valence-electron chi connectivity index (χ3n) is 2.97. The molecular formula is C14H18N4O2S. The number of hydrogen-bond donors (Lipinski definition) is 3. The molecular weight excluding hydrogens is 288 g/mol. The maximum atomic E-state index is 12.4. The van der Waals surface area contributed by atoms with Crippen LogP contribution in [-0.2, 0) is 16.4 Å². The van der Waals surface area contributed by atoms with E-state index in [1.807, 2.05) is 19.1 Å². The van der Waals surface area contributed by atoms with Crippen LogP contribution in [0.4, 0.5) is 11.5 Å². The molecule has 112 valence electrons. The number of para-hydroxylation sites is 1. The Morgan fingerprint density at radius 2 is 2.00 bits per heavy atom. The van der Waals surface area contributed by atoms with Gasteiger partial charge in [0.2, 0.25) is 0 Å². The highest BCUT2D eigenvalue weighted by Gasteiger charge is 2.16. The van der Waals surface area contributed by atoms with Gasteiger partial charge in [0.05, 0.1) is 10.6 Å². The predicted octanol–water partition coefficient (Wildman–Crippen LogP) is 2.12. The number of nitrogen functional groups attached to an aromatic ring is 1. The second kappa shape index (κ2) is 6.55. The van der Waals surface area contributed by atoms with Gasteiger partial charge in [-0.15, -0.1) is 0 Å². The van der Waals surface area contributed by atoms with Crippen LogP contribution in [0.25, 0.3) is 0 Å². The van der Waals surface area contributed by atoms with E-state index >= 15 is 0 Å². The van der Waals surface area contributed by atoms with Crippen molar-refractivity contribution in [2.24, 2.45) is 5.84 Å². The number of aryl methyl sites for hydroxylation is 1. The molecule has 21 heavy (non-hydrogen) atoms. The second-order valence-corrected chi connectivity index (χ2v) is 6.22. The molecule has 6 nitrogen and oxygen atoms in total. The lowest BCUT2D eigenvalue weighted by Gasteiger charge is -2.12. The molecule has 2 aromatic rings. The average Bonchev–Trinajstić information content (AvgIpc) is 2.49. The molecule has 1 aromatic heterocycles. The van der Waals surface area contributed by atoms with Crippen molar-refractivity contribution in [1.29, 1.82) is 0 Å². The van der Waals surface area contributed by atoms with Crippen molar-refractivity contribution in [2.45, 2.75) is 24.7 Å². The molecule has 0 unspecified atom stereocenters. The van der Waals surface area contributed by atoms with E-state index in [0.29, 0.717) is 11.5 Å². The molecule has 0 saturated carbocycles. The summed E-state index contributed by atoms with van der Waals surface area (Å²) in [5.41, 5.74) is 3.89. The Bertz CT molecular complexity index is 716. The topological polar surface area (TPSA) is 97.1 Å². The van der Waals surface area contributed by atoms with Gasteiger partial charge in [0.1, 0.15) is 5.82 Å². The molecule has 0 aliphatic carbocycles. The zero-order valence-electron chi connectivity index (χ0n) is 11.7. The number of aromatic nitrogens is 1. The fourth-order valence-electron chi connectivity index (χ4n) is 1.97. The minimum absolute atomic E-state index is 0.108. The number of hydrogen-bond acceptors (Lipinski definition) is 5. The minimum atomic E-state index is -3.67. The summed E-state index contributed by atoms with van der Waals surface area (Å²) < 4.78 is 27.5. The molecule has 4 N–H and O–H groups in total. The van der Waals surface area contributed by atoms with Crippen molar-refractivity contribution in [3.63, 3.8) is 0 Å². The molecule has 0 fully saturated rings. The highest BCUT2D eigenvalue weighted by atomic mass is 32.2. The first-order valence-electron chi connectivity index (χ1n) is 6.60. The molecule has 0 spiro atoms. The smallest absolute Gasteiger partial charge is 0.262 e. The lowest BCUT2D eigenvalue weighted by atomic mass is 10.1. The number of nitrogens with two attached hydrogens (primary N) is 1. The van der Waals surface area contributed by atoms with Crippen LogP contribution in [0.5, 0.6) is 0 Å². The van der Waals surface area contributed by atoms with Crippen molar-refractivity contribution in [3.8, 4) is 0 Å². The molecule has 2 rings (SSSR count). The van der Waals surface area contributed by atoms with E-state index < -0.39 is 10.0 Å². The van der Waals surface area contributed by atoms with Gasteiger partial charge in [-0.05, 0) is 24.1 Å². The zero-order valence-corrected chi connectivity index (χ0v) is 12.5. The Morgan fingerprint density at radius 3 is 2.71 bits per heavy atom. The molecule has 0 aliphatic heterocycles. The van der Waals surface area contributed by atoms with Gasteiger partial charge in [0.15, 0.2) is 0 Å². The Labute approximate surface area is 124 Å². The third-order valence-corrected chi connectivity index (χ3v) is 4.33. The predicted molar refractivity (Wildman–Crippen MR) is 83.3 cm³/mol. The molecule has 0 atom stereocenters. The first kappa shape index (κ1) is 15.3. The second-order valence-electron chi connectivity index (χ2n) is 4.53. The lowest BCUT2D eigenvalue weighted by molar-refractivity contribution is 0.601. The van der Waals surface area contributed by atoms with Crippen molar-refractivity contribution >= 4 is 21.5 Å². The highest BCUT2D eigenvalue weighted by Crippen LogP contribution is 2.21. The number of rotatable bonds is 6. The van der Waals surface area contributed by atoms with Gasteiger partial charge in [0, 0.05) is 12.3 Å². The molecule has 0 radical (unpaired) electrons. The summed E-state index contributed by atoms with van der Waals surface area (Å²) in [6.45, 7) is 2.05. The van der Waals surface area contributed by atoms with Crippen molar-refractivity contribution in [2.75, 3.05) is 10.1 Å². The lowest BCUT2D eigenvalue weighted by Crippen LogP contribution is -2.15. The van der Waals surface area contributed by atoms with E-state index in [2.05, 4.69) is 15.1 Å². The number of nitrogens with one attached hydrogen (secondary N) is 2. The van der Waals surface area contributed by atoms with E-state index in [4.69, 9.17) is 5.84 Å². The SMILES string of the molecule is CCCc1ccccc1NS(=O)(=O)c1ccnc(NN)c1. The van der Waals surface area contributed by atoms with Gasteiger partial charge in [-0.2, -0.15) is 0 Å². The van der Waals surface area contributed by atoms with Crippen LogP contribution < -0.4 is 16.0 Å². The quantitative estimate of drug-likeness (QED) is 0.561. The molecule has 0 aliphatic rings. The minimum Gasteiger partial charge on any atom is -0.308 e. The first-order chi connectivity index (χ1) is 10.1. The van der Waals surface area contributed by atoms with Gasteiger partial charge in [-0.3, -0.25) is 4.72 Å². The third kappa shape index (κ3) is 3.71. The number of sulfonamides is 1. The monoisotopic (exact) mass is 306 g/mol. The number of anilines is 2. The summed E-state index contributed by atoms with van der Waals surface area (Å²) in [4.78, 5) is 4.01. The summed E-state index contributed by atoms with van der Waals surface area (Å²) in [5.74, 6) is 5.54. The number of nitrogens with zero attached hydrogens (tertiary/aromatic N) is 1. The van der Waals surface area contributed by atoms with Crippen LogP contribution in [0.3, 0.4) is 0 Å². The summed E-state index contributed by atoms with van der Waals surface area (Å²) in [7, 11) is -3.67. The van der Waals surface area contributed by atoms with Crippen LogP contribution in [0.1, 0.15) is 18.9 Å². The molecule has 0 bridgehead atoms. The van der Waals surface area contributed by atoms with E-state index in [1.165, 1.54) is 18.3 Å². The molecule has 1 aromatic carbocycles. The molecule has 0 saturated heterocycles. The first-order valence-corrected chi connectivity index (χ1v) is 8.08. The maximum absolute atomic E-state index is 12.4. The Morgan fingerprint density at radius 1 is 1.24 bits per heavy atom. The fourth-order valence-corrected chi connectivity index (χ4v) is 3.08. The van der Waals surface area contributed by atoms with Crippen LogP contribution in [0, 0.1) is 0 Å². The Hall–Kier alpha value is -2.12.